The van der Waals surface area contributed by atoms with E-state index in [1.807, 2.05) is 11.3 Å². The fourth-order valence-corrected chi connectivity index (χ4v) is 3.89. The van der Waals surface area contributed by atoms with Gasteiger partial charge >= 0.3 is 0 Å². The highest BCUT2D eigenvalue weighted by molar-refractivity contribution is 7.18. The molecule has 1 saturated carbocycles. The van der Waals surface area contributed by atoms with Gasteiger partial charge in [0.2, 0.25) is 0 Å². The minimum Gasteiger partial charge on any atom is -0.316 e. The number of benzene rings is 1. The van der Waals surface area contributed by atoms with Crippen LogP contribution in [0.25, 0.3) is 10.2 Å². The molecule has 2 aromatic rings. The number of rotatable bonds is 5. The Hall–Kier alpha value is -0.930. The van der Waals surface area contributed by atoms with Crippen LogP contribution in [-0.4, -0.2) is 18.1 Å². The van der Waals surface area contributed by atoms with Crippen LogP contribution >= 0.6 is 11.3 Å². The molecule has 0 saturated heterocycles. The topological polar surface area (TPSA) is 24.9 Å². The molecule has 1 fully saturated rings. The van der Waals surface area contributed by atoms with Crippen molar-refractivity contribution >= 4 is 21.6 Å². The minimum atomic E-state index is 0.920. The van der Waals surface area contributed by atoms with Crippen LogP contribution in [0.2, 0.25) is 0 Å². The second-order valence-corrected chi connectivity index (χ2v) is 6.65. The molecule has 0 spiro atoms. The summed E-state index contributed by atoms with van der Waals surface area (Å²) >= 11 is 1.83. The molecule has 2 nitrogen and oxygen atoms in total. The van der Waals surface area contributed by atoms with E-state index in [4.69, 9.17) is 0 Å². The van der Waals surface area contributed by atoms with Crippen LogP contribution in [0.15, 0.2) is 24.3 Å². The van der Waals surface area contributed by atoms with Crippen molar-refractivity contribution in [2.24, 2.45) is 5.92 Å². The Kier molecular flexibility index (Phi) is 4.46. The van der Waals surface area contributed by atoms with E-state index in [9.17, 15) is 0 Å². The summed E-state index contributed by atoms with van der Waals surface area (Å²) in [7, 11) is 0. The Morgan fingerprint density at radius 2 is 2.00 bits per heavy atom. The predicted octanol–water partition coefficient (Wildman–Crippen LogP) is 4.01. The molecule has 0 radical (unpaired) electrons. The molecule has 3 heteroatoms. The smallest absolute Gasteiger partial charge is 0.0951 e. The maximum atomic E-state index is 4.68. The summed E-state index contributed by atoms with van der Waals surface area (Å²) in [5.74, 6) is 0.920. The summed E-state index contributed by atoms with van der Waals surface area (Å²) in [6.07, 6.45) is 8.23. The van der Waals surface area contributed by atoms with Gasteiger partial charge in [-0.3, -0.25) is 0 Å². The van der Waals surface area contributed by atoms with Crippen LogP contribution in [-0.2, 0) is 6.42 Å². The second-order valence-electron chi connectivity index (χ2n) is 5.53. The summed E-state index contributed by atoms with van der Waals surface area (Å²) in [5, 5.41) is 4.88. The first-order valence-corrected chi connectivity index (χ1v) is 8.28. The number of nitrogens with one attached hydrogen (secondary N) is 1. The highest BCUT2D eigenvalue weighted by Crippen LogP contribution is 2.23. The summed E-state index contributed by atoms with van der Waals surface area (Å²) in [6.45, 7) is 2.27. The third kappa shape index (κ3) is 3.54. The Morgan fingerprint density at radius 3 is 2.84 bits per heavy atom. The molecular weight excluding hydrogens is 252 g/mol. The van der Waals surface area contributed by atoms with Gasteiger partial charge in [0.25, 0.3) is 0 Å². The normalized spacial score (nSPS) is 17.1. The predicted molar refractivity (Wildman–Crippen MR) is 82.8 cm³/mol. The van der Waals surface area contributed by atoms with Gasteiger partial charge in [0.1, 0.15) is 0 Å². The van der Waals surface area contributed by atoms with Crippen LogP contribution in [0, 0.1) is 5.92 Å². The lowest BCUT2D eigenvalue weighted by Gasteiger charge is -2.21. The lowest BCUT2D eigenvalue weighted by atomic mass is 9.89. The lowest BCUT2D eigenvalue weighted by molar-refractivity contribution is 0.343. The van der Waals surface area contributed by atoms with Gasteiger partial charge in [0.15, 0.2) is 0 Å². The summed E-state index contributed by atoms with van der Waals surface area (Å²) < 4.78 is 1.31. The molecular formula is C16H22N2S. The van der Waals surface area contributed by atoms with E-state index in [0.717, 1.165) is 24.4 Å². The van der Waals surface area contributed by atoms with Gasteiger partial charge in [-0.15, -0.1) is 11.3 Å². The number of nitrogens with zero attached hydrogens (tertiary/aromatic N) is 1. The maximum Gasteiger partial charge on any atom is 0.0951 e. The second kappa shape index (κ2) is 6.49. The van der Waals surface area contributed by atoms with E-state index in [2.05, 4.69) is 34.6 Å². The SMILES string of the molecule is c1ccc2sc(CCNCC3CCCCC3)nc2c1. The van der Waals surface area contributed by atoms with Crippen molar-refractivity contribution in [2.45, 2.75) is 38.5 Å². The van der Waals surface area contributed by atoms with E-state index >= 15 is 0 Å². The lowest BCUT2D eigenvalue weighted by Crippen LogP contribution is -2.26. The van der Waals surface area contributed by atoms with E-state index in [-0.39, 0.29) is 0 Å². The third-order valence-electron chi connectivity index (χ3n) is 4.01. The molecule has 1 aromatic carbocycles. The van der Waals surface area contributed by atoms with Gasteiger partial charge in [-0.25, -0.2) is 4.98 Å². The highest BCUT2D eigenvalue weighted by atomic mass is 32.1. The number of para-hydroxylation sites is 1. The first-order chi connectivity index (χ1) is 9.42. The van der Waals surface area contributed by atoms with Crippen molar-refractivity contribution in [3.05, 3.63) is 29.3 Å². The zero-order valence-electron chi connectivity index (χ0n) is 11.4. The van der Waals surface area contributed by atoms with Gasteiger partial charge in [-0.1, -0.05) is 31.4 Å². The number of fused-ring (bicyclic) bond motifs is 1. The summed E-state index contributed by atoms with van der Waals surface area (Å²) in [4.78, 5) is 4.68. The van der Waals surface area contributed by atoms with Gasteiger partial charge in [-0.2, -0.15) is 0 Å². The molecule has 0 aliphatic heterocycles. The van der Waals surface area contributed by atoms with E-state index in [0.29, 0.717) is 0 Å². The Bertz CT molecular complexity index is 481. The van der Waals surface area contributed by atoms with Gasteiger partial charge in [0.05, 0.1) is 15.2 Å². The van der Waals surface area contributed by atoms with Gasteiger partial charge in [-0.05, 0) is 37.4 Å². The van der Waals surface area contributed by atoms with Crippen LogP contribution in [0.5, 0.6) is 0 Å². The van der Waals surface area contributed by atoms with Crippen LogP contribution in [0.4, 0.5) is 0 Å². The average Bonchev–Trinajstić information content (AvgIpc) is 2.87. The monoisotopic (exact) mass is 274 g/mol. The average molecular weight is 274 g/mol. The minimum absolute atomic E-state index is 0.920. The number of hydrogen-bond donors (Lipinski definition) is 1. The highest BCUT2D eigenvalue weighted by Gasteiger charge is 2.12. The Balaban J connectivity index is 1.44. The molecule has 1 N–H and O–H groups in total. The molecule has 0 bridgehead atoms. The molecule has 102 valence electrons. The third-order valence-corrected chi connectivity index (χ3v) is 5.11. The maximum absolute atomic E-state index is 4.68. The molecule has 0 amide bonds. The Labute approximate surface area is 119 Å². The fourth-order valence-electron chi connectivity index (χ4n) is 2.92. The van der Waals surface area contributed by atoms with Gasteiger partial charge < -0.3 is 5.32 Å². The molecule has 0 unspecified atom stereocenters. The van der Waals surface area contributed by atoms with E-state index in [1.165, 1.54) is 48.4 Å². The zero-order chi connectivity index (χ0) is 12.9. The van der Waals surface area contributed by atoms with Crippen LogP contribution in [0.1, 0.15) is 37.1 Å². The van der Waals surface area contributed by atoms with E-state index in [1.54, 1.807) is 0 Å². The molecule has 19 heavy (non-hydrogen) atoms. The summed E-state index contributed by atoms with van der Waals surface area (Å²) in [6, 6.07) is 8.41. The fraction of sp³-hybridized carbons (Fsp3) is 0.562. The van der Waals surface area contributed by atoms with Crippen LogP contribution in [0.3, 0.4) is 0 Å². The first kappa shape index (κ1) is 13.1. The largest absolute Gasteiger partial charge is 0.316 e. The number of hydrogen-bond acceptors (Lipinski definition) is 3. The van der Waals surface area contributed by atoms with Crippen molar-refractivity contribution in [1.29, 1.82) is 0 Å². The molecule has 0 atom stereocenters. The van der Waals surface area contributed by atoms with Crippen LogP contribution < -0.4 is 5.32 Å². The molecule has 3 rings (SSSR count). The Morgan fingerprint density at radius 1 is 1.16 bits per heavy atom. The summed E-state index contributed by atoms with van der Waals surface area (Å²) in [5.41, 5.74) is 1.15. The van der Waals surface area contributed by atoms with Crippen molar-refractivity contribution < 1.29 is 0 Å². The number of thiazole rings is 1. The van der Waals surface area contributed by atoms with Crippen molar-refractivity contribution in [3.63, 3.8) is 0 Å². The molecule has 1 heterocycles. The van der Waals surface area contributed by atoms with E-state index < -0.39 is 0 Å². The van der Waals surface area contributed by atoms with Crippen molar-refractivity contribution in [1.82, 2.24) is 10.3 Å². The molecule has 1 aromatic heterocycles. The molecule has 1 aliphatic rings. The first-order valence-electron chi connectivity index (χ1n) is 7.47. The van der Waals surface area contributed by atoms with Crippen molar-refractivity contribution in [3.8, 4) is 0 Å². The zero-order valence-corrected chi connectivity index (χ0v) is 12.2. The number of aromatic nitrogens is 1. The standard InChI is InChI=1S/C16H22N2S/c1-2-6-13(7-3-1)12-17-11-10-16-18-14-8-4-5-9-15(14)19-16/h4-5,8-9,13,17H,1-3,6-7,10-12H2. The van der Waals surface area contributed by atoms with Gasteiger partial charge in [0, 0.05) is 13.0 Å². The van der Waals surface area contributed by atoms with Crippen molar-refractivity contribution in [2.75, 3.05) is 13.1 Å². The molecule has 1 aliphatic carbocycles. The quantitative estimate of drug-likeness (QED) is 0.833.